The third-order valence-corrected chi connectivity index (χ3v) is 4.36. The summed E-state index contributed by atoms with van der Waals surface area (Å²) in [6.07, 6.45) is 10.3. The number of rotatable bonds is 12. The van der Waals surface area contributed by atoms with Crippen LogP contribution in [0.4, 0.5) is 0 Å². The number of unbranched alkanes of at least 4 members (excludes halogenated alkanes) is 6. The lowest BCUT2D eigenvalue weighted by molar-refractivity contribution is 0.0734. The number of nitriles is 1. The Morgan fingerprint density at radius 1 is 0.893 bits per heavy atom. The second kappa shape index (κ2) is 12.3. The highest BCUT2D eigenvalue weighted by Crippen LogP contribution is 2.17. The molecule has 0 aliphatic rings. The van der Waals surface area contributed by atoms with Gasteiger partial charge in [-0.3, -0.25) is 0 Å². The van der Waals surface area contributed by atoms with Crippen molar-refractivity contribution in [2.45, 2.75) is 44.9 Å². The number of hydrogen-bond acceptors (Lipinski definition) is 4. The summed E-state index contributed by atoms with van der Waals surface area (Å²) in [6, 6.07) is 15.4. The van der Waals surface area contributed by atoms with Crippen molar-refractivity contribution in [2.75, 3.05) is 6.61 Å². The number of benzene rings is 2. The molecule has 0 aliphatic carbocycles. The number of allylic oxidation sites excluding steroid dienone is 1. The van der Waals surface area contributed by atoms with Gasteiger partial charge in [0.05, 0.1) is 23.8 Å². The van der Waals surface area contributed by atoms with E-state index in [0.29, 0.717) is 23.5 Å². The largest absolute Gasteiger partial charge is 0.494 e. The van der Waals surface area contributed by atoms with E-state index in [1.54, 1.807) is 48.5 Å². The predicted octanol–water partition coefficient (Wildman–Crippen LogP) is 6.07. The molecule has 0 N–H and O–H groups in total. The molecule has 0 fully saturated rings. The molecule has 0 bridgehead atoms. The molecule has 4 nitrogen and oxygen atoms in total. The Morgan fingerprint density at radius 3 is 2.14 bits per heavy atom. The topological polar surface area (TPSA) is 59.3 Å². The van der Waals surface area contributed by atoms with Crippen LogP contribution < -0.4 is 9.47 Å². The monoisotopic (exact) mass is 377 g/mol. The van der Waals surface area contributed by atoms with Gasteiger partial charge in [-0.25, -0.2) is 4.79 Å². The lowest BCUT2D eigenvalue weighted by Crippen LogP contribution is -2.08. The fourth-order valence-electron chi connectivity index (χ4n) is 2.74. The zero-order valence-corrected chi connectivity index (χ0v) is 16.2. The van der Waals surface area contributed by atoms with E-state index >= 15 is 0 Å². The first-order chi connectivity index (χ1) is 13.7. The molecule has 4 heteroatoms. The fraction of sp³-hybridized carbons (Fsp3) is 0.333. The first kappa shape index (κ1) is 21.2. The third kappa shape index (κ3) is 7.67. The minimum absolute atomic E-state index is 0.411. The number of nitrogens with zero attached hydrogens (tertiary/aromatic N) is 1. The van der Waals surface area contributed by atoms with E-state index in [1.807, 2.05) is 12.1 Å². The average Bonchev–Trinajstić information content (AvgIpc) is 2.73. The van der Waals surface area contributed by atoms with Crippen molar-refractivity contribution in [1.82, 2.24) is 0 Å². The third-order valence-electron chi connectivity index (χ3n) is 4.36. The smallest absolute Gasteiger partial charge is 0.343 e. The van der Waals surface area contributed by atoms with Crippen LogP contribution in [0.1, 0.15) is 60.9 Å². The molecule has 28 heavy (non-hydrogen) atoms. The molecule has 0 aromatic heterocycles. The quantitative estimate of drug-likeness (QED) is 0.195. The van der Waals surface area contributed by atoms with Crippen LogP contribution in [-0.2, 0) is 0 Å². The molecule has 0 aliphatic heterocycles. The van der Waals surface area contributed by atoms with Crippen LogP contribution in [0.2, 0.25) is 0 Å². The Balaban J connectivity index is 1.67. The molecule has 2 rings (SSSR count). The summed E-state index contributed by atoms with van der Waals surface area (Å²) < 4.78 is 11.0. The molecule has 0 heterocycles. The van der Waals surface area contributed by atoms with Crippen LogP contribution in [0.3, 0.4) is 0 Å². The fourth-order valence-corrected chi connectivity index (χ4v) is 2.74. The number of ether oxygens (including phenoxy) is 2. The normalized spacial score (nSPS) is 10.1. The van der Waals surface area contributed by atoms with Gasteiger partial charge in [-0.05, 0) is 67.8 Å². The van der Waals surface area contributed by atoms with Crippen molar-refractivity contribution >= 4 is 5.97 Å². The van der Waals surface area contributed by atoms with Gasteiger partial charge in [-0.2, -0.15) is 5.26 Å². The van der Waals surface area contributed by atoms with E-state index < -0.39 is 5.97 Å². The van der Waals surface area contributed by atoms with Gasteiger partial charge in [0.25, 0.3) is 0 Å². The highest BCUT2D eigenvalue weighted by molar-refractivity contribution is 5.91. The summed E-state index contributed by atoms with van der Waals surface area (Å²) in [5.74, 6) is 0.724. The molecule has 0 unspecified atom stereocenters. The van der Waals surface area contributed by atoms with Gasteiger partial charge in [0, 0.05) is 0 Å². The van der Waals surface area contributed by atoms with Gasteiger partial charge < -0.3 is 9.47 Å². The van der Waals surface area contributed by atoms with E-state index in [1.165, 1.54) is 32.1 Å². The van der Waals surface area contributed by atoms with Gasteiger partial charge in [0.15, 0.2) is 0 Å². The van der Waals surface area contributed by atoms with E-state index in [2.05, 4.69) is 6.58 Å². The number of esters is 1. The summed E-state index contributed by atoms with van der Waals surface area (Å²) in [7, 11) is 0. The van der Waals surface area contributed by atoms with Crippen molar-refractivity contribution in [3.05, 3.63) is 72.3 Å². The Labute approximate surface area is 167 Å². The lowest BCUT2D eigenvalue weighted by atomic mass is 10.1. The van der Waals surface area contributed by atoms with Crippen molar-refractivity contribution in [2.24, 2.45) is 0 Å². The SMILES string of the molecule is C=CCCCCCCCCOc1ccc(C(=O)Oc2ccc(C#N)cc2)cc1. The van der Waals surface area contributed by atoms with Crippen molar-refractivity contribution < 1.29 is 14.3 Å². The van der Waals surface area contributed by atoms with Gasteiger partial charge in [-0.15, -0.1) is 6.58 Å². The van der Waals surface area contributed by atoms with Crippen LogP contribution >= 0.6 is 0 Å². The summed E-state index contributed by atoms with van der Waals surface area (Å²) in [4.78, 5) is 12.2. The molecule has 0 saturated carbocycles. The Kier molecular flexibility index (Phi) is 9.37. The molecule has 2 aromatic rings. The van der Waals surface area contributed by atoms with Gasteiger partial charge in [0.1, 0.15) is 11.5 Å². The molecule has 0 radical (unpaired) electrons. The summed E-state index contributed by atoms with van der Waals surface area (Å²) in [5.41, 5.74) is 0.977. The predicted molar refractivity (Wildman–Crippen MR) is 111 cm³/mol. The second-order valence-corrected chi connectivity index (χ2v) is 6.60. The molecule has 146 valence electrons. The number of carbonyl (C=O) groups excluding carboxylic acids is 1. The molecule has 2 aromatic carbocycles. The van der Waals surface area contributed by atoms with Crippen LogP contribution in [-0.4, -0.2) is 12.6 Å². The Hall–Kier alpha value is -3.06. The summed E-state index contributed by atoms with van der Waals surface area (Å²) in [6.45, 7) is 4.42. The van der Waals surface area contributed by atoms with Crippen molar-refractivity contribution in [3.63, 3.8) is 0 Å². The van der Waals surface area contributed by atoms with Gasteiger partial charge in [-0.1, -0.05) is 31.8 Å². The van der Waals surface area contributed by atoms with E-state index in [0.717, 1.165) is 18.6 Å². The molecular formula is C24H27NO3. The zero-order valence-electron chi connectivity index (χ0n) is 16.2. The van der Waals surface area contributed by atoms with Crippen LogP contribution in [0.25, 0.3) is 0 Å². The van der Waals surface area contributed by atoms with Gasteiger partial charge in [0.2, 0.25) is 0 Å². The van der Waals surface area contributed by atoms with E-state index in [9.17, 15) is 4.79 Å². The van der Waals surface area contributed by atoms with Crippen molar-refractivity contribution in [1.29, 1.82) is 5.26 Å². The van der Waals surface area contributed by atoms with E-state index in [-0.39, 0.29) is 0 Å². The minimum atomic E-state index is -0.437. The first-order valence-electron chi connectivity index (χ1n) is 9.79. The van der Waals surface area contributed by atoms with E-state index in [4.69, 9.17) is 14.7 Å². The molecular weight excluding hydrogens is 350 g/mol. The molecule has 0 spiro atoms. The standard InChI is InChI=1S/C24H27NO3/c1-2-3-4-5-6-7-8-9-18-27-22-16-12-21(13-17-22)24(26)28-23-14-10-20(19-25)11-15-23/h2,10-17H,1,3-9,18H2. The lowest BCUT2D eigenvalue weighted by Gasteiger charge is -2.08. The number of hydrogen-bond donors (Lipinski definition) is 0. The highest BCUT2D eigenvalue weighted by atomic mass is 16.5. The zero-order chi connectivity index (χ0) is 20.0. The summed E-state index contributed by atoms with van der Waals surface area (Å²) in [5, 5.41) is 8.79. The molecule has 0 amide bonds. The number of carbonyl (C=O) groups is 1. The molecule has 0 saturated heterocycles. The maximum absolute atomic E-state index is 12.2. The van der Waals surface area contributed by atoms with Crippen LogP contribution in [0.5, 0.6) is 11.5 Å². The first-order valence-corrected chi connectivity index (χ1v) is 9.79. The maximum Gasteiger partial charge on any atom is 0.343 e. The Morgan fingerprint density at radius 2 is 1.50 bits per heavy atom. The van der Waals surface area contributed by atoms with Crippen LogP contribution in [0, 0.1) is 11.3 Å². The maximum atomic E-state index is 12.2. The Bertz CT molecular complexity index is 773. The highest BCUT2D eigenvalue weighted by Gasteiger charge is 2.09. The second-order valence-electron chi connectivity index (χ2n) is 6.60. The average molecular weight is 377 g/mol. The van der Waals surface area contributed by atoms with Crippen LogP contribution in [0.15, 0.2) is 61.2 Å². The van der Waals surface area contributed by atoms with Gasteiger partial charge >= 0.3 is 5.97 Å². The van der Waals surface area contributed by atoms with Crippen molar-refractivity contribution in [3.8, 4) is 17.6 Å². The summed E-state index contributed by atoms with van der Waals surface area (Å²) >= 11 is 0. The molecule has 0 atom stereocenters. The minimum Gasteiger partial charge on any atom is -0.494 e.